The van der Waals surface area contributed by atoms with Gasteiger partial charge in [0.25, 0.3) is 6.47 Å². The summed E-state index contributed by atoms with van der Waals surface area (Å²) in [6.07, 6.45) is 5.04. The zero-order chi connectivity index (χ0) is 10.2. The molecular weight excluding hydrogens is 184 g/mol. The third-order valence-corrected chi connectivity index (χ3v) is 2.31. The second-order valence-corrected chi connectivity index (χ2v) is 3.47. The number of esters is 1. The molecule has 1 rings (SSSR count). The van der Waals surface area contributed by atoms with Crippen LogP contribution >= 0.6 is 0 Å². The van der Waals surface area contributed by atoms with E-state index >= 15 is 0 Å². The van der Waals surface area contributed by atoms with Gasteiger partial charge in [-0.1, -0.05) is 0 Å². The van der Waals surface area contributed by atoms with E-state index in [4.69, 9.17) is 4.74 Å². The Morgan fingerprint density at radius 2 is 2.36 bits per heavy atom. The highest BCUT2D eigenvalue weighted by atomic mass is 16.5. The van der Waals surface area contributed by atoms with Crippen molar-refractivity contribution in [3.63, 3.8) is 0 Å². The lowest BCUT2D eigenvalue weighted by molar-refractivity contribution is -0.148. The zero-order valence-corrected chi connectivity index (χ0v) is 8.24. The molecule has 1 aliphatic heterocycles. The molecule has 0 radical (unpaired) electrons. The first-order chi connectivity index (χ1) is 6.83. The van der Waals surface area contributed by atoms with Crippen molar-refractivity contribution in [2.24, 2.45) is 0 Å². The van der Waals surface area contributed by atoms with Crippen molar-refractivity contribution in [2.75, 3.05) is 6.61 Å². The lowest BCUT2D eigenvalue weighted by atomic mass is 10.1. The zero-order valence-electron chi connectivity index (χ0n) is 8.24. The predicted octanol–water partition coefficient (Wildman–Crippen LogP) is 1.43. The SMILES string of the molecule is O=COCCCC1CCCCC(=O)O1. The quantitative estimate of drug-likeness (QED) is 0.382. The first kappa shape index (κ1) is 11.0. The summed E-state index contributed by atoms with van der Waals surface area (Å²) in [5.41, 5.74) is 0. The Balaban J connectivity index is 2.15. The Morgan fingerprint density at radius 1 is 1.50 bits per heavy atom. The second-order valence-electron chi connectivity index (χ2n) is 3.47. The van der Waals surface area contributed by atoms with E-state index in [1.165, 1.54) is 0 Å². The molecule has 0 bridgehead atoms. The van der Waals surface area contributed by atoms with E-state index in [-0.39, 0.29) is 12.1 Å². The summed E-state index contributed by atoms with van der Waals surface area (Å²) in [4.78, 5) is 20.9. The topological polar surface area (TPSA) is 52.6 Å². The minimum Gasteiger partial charge on any atom is -0.468 e. The average molecular weight is 200 g/mol. The van der Waals surface area contributed by atoms with Gasteiger partial charge < -0.3 is 9.47 Å². The molecular formula is C10H16O4. The standard InChI is InChI=1S/C10H16O4/c11-8-13-7-3-5-9-4-1-2-6-10(12)14-9/h8-9H,1-7H2. The van der Waals surface area contributed by atoms with Gasteiger partial charge in [0.1, 0.15) is 6.10 Å². The maximum atomic E-state index is 11.1. The molecule has 1 aliphatic rings. The van der Waals surface area contributed by atoms with Gasteiger partial charge in [0.15, 0.2) is 0 Å². The fourth-order valence-corrected chi connectivity index (χ4v) is 1.59. The summed E-state index contributed by atoms with van der Waals surface area (Å²) < 4.78 is 9.77. The van der Waals surface area contributed by atoms with E-state index < -0.39 is 0 Å². The molecule has 0 aromatic carbocycles. The summed E-state index contributed by atoms with van der Waals surface area (Å²) in [5.74, 6) is -0.0937. The average Bonchev–Trinajstić information content (AvgIpc) is 2.38. The first-order valence-corrected chi connectivity index (χ1v) is 5.07. The van der Waals surface area contributed by atoms with Crippen LogP contribution in [0.5, 0.6) is 0 Å². The number of carbonyl (C=O) groups is 2. The van der Waals surface area contributed by atoms with Crippen LogP contribution in [0.1, 0.15) is 38.5 Å². The smallest absolute Gasteiger partial charge is 0.306 e. The molecule has 0 N–H and O–H groups in total. The van der Waals surface area contributed by atoms with Gasteiger partial charge >= 0.3 is 5.97 Å². The Hall–Kier alpha value is -1.06. The Morgan fingerprint density at radius 3 is 3.14 bits per heavy atom. The van der Waals surface area contributed by atoms with Crippen LogP contribution in [0.4, 0.5) is 0 Å². The molecule has 0 aromatic heterocycles. The summed E-state index contributed by atoms with van der Waals surface area (Å²) in [6, 6.07) is 0. The molecule has 1 unspecified atom stereocenters. The molecule has 4 nitrogen and oxygen atoms in total. The monoisotopic (exact) mass is 200 g/mol. The van der Waals surface area contributed by atoms with E-state index in [1.807, 2.05) is 0 Å². The van der Waals surface area contributed by atoms with Crippen LogP contribution in [-0.4, -0.2) is 25.2 Å². The van der Waals surface area contributed by atoms with Crippen LogP contribution in [0.3, 0.4) is 0 Å². The molecule has 4 heteroatoms. The predicted molar refractivity (Wildman–Crippen MR) is 49.6 cm³/mol. The maximum Gasteiger partial charge on any atom is 0.306 e. The van der Waals surface area contributed by atoms with Gasteiger partial charge in [-0.25, -0.2) is 0 Å². The summed E-state index contributed by atoms with van der Waals surface area (Å²) in [5, 5.41) is 0. The second kappa shape index (κ2) is 6.40. The molecule has 1 atom stereocenters. The number of ether oxygens (including phenoxy) is 2. The van der Waals surface area contributed by atoms with E-state index in [2.05, 4.69) is 4.74 Å². The van der Waals surface area contributed by atoms with Crippen molar-refractivity contribution in [3.8, 4) is 0 Å². The molecule has 1 heterocycles. The highest BCUT2D eigenvalue weighted by molar-refractivity contribution is 5.69. The van der Waals surface area contributed by atoms with Gasteiger partial charge in [-0.2, -0.15) is 0 Å². The van der Waals surface area contributed by atoms with Crippen LogP contribution in [0.2, 0.25) is 0 Å². The fraction of sp³-hybridized carbons (Fsp3) is 0.800. The van der Waals surface area contributed by atoms with Crippen LogP contribution in [0.25, 0.3) is 0 Å². The number of carbonyl (C=O) groups excluding carboxylic acids is 2. The summed E-state index contributed by atoms with van der Waals surface area (Å²) in [6.45, 7) is 0.858. The van der Waals surface area contributed by atoms with Crippen molar-refractivity contribution in [2.45, 2.75) is 44.6 Å². The van der Waals surface area contributed by atoms with Gasteiger partial charge in [-0.05, 0) is 32.1 Å². The van der Waals surface area contributed by atoms with Crippen molar-refractivity contribution in [3.05, 3.63) is 0 Å². The number of hydrogen-bond donors (Lipinski definition) is 0. The highest BCUT2D eigenvalue weighted by Gasteiger charge is 2.17. The van der Waals surface area contributed by atoms with Gasteiger partial charge in [0.05, 0.1) is 6.61 Å². The van der Waals surface area contributed by atoms with Crippen molar-refractivity contribution in [1.82, 2.24) is 0 Å². The number of rotatable bonds is 5. The fourth-order valence-electron chi connectivity index (χ4n) is 1.59. The lowest BCUT2D eigenvalue weighted by Gasteiger charge is -2.13. The highest BCUT2D eigenvalue weighted by Crippen LogP contribution is 2.17. The maximum absolute atomic E-state index is 11.1. The molecule has 0 amide bonds. The van der Waals surface area contributed by atoms with Gasteiger partial charge in [0.2, 0.25) is 0 Å². The van der Waals surface area contributed by atoms with Gasteiger partial charge in [-0.3, -0.25) is 9.59 Å². The third kappa shape index (κ3) is 4.25. The van der Waals surface area contributed by atoms with Gasteiger partial charge in [0, 0.05) is 6.42 Å². The van der Waals surface area contributed by atoms with E-state index in [0.717, 1.165) is 32.1 Å². The van der Waals surface area contributed by atoms with E-state index in [9.17, 15) is 9.59 Å². The Kier molecular flexibility index (Phi) is 5.04. The molecule has 80 valence electrons. The van der Waals surface area contributed by atoms with E-state index in [1.54, 1.807) is 0 Å². The molecule has 0 aromatic rings. The lowest BCUT2D eigenvalue weighted by Crippen LogP contribution is -2.15. The number of hydrogen-bond acceptors (Lipinski definition) is 4. The largest absolute Gasteiger partial charge is 0.468 e. The van der Waals surface area contributed by atoms with Crippen LogP contribution < -0.4 is 0 Å². The first-order valence-electron chi connectivity index (χ1n) is 5.07. The molecule has 14 heavy (non-hydrogen) atoms. The minimum absolute atomic E-state index is 0.0280. The Bertz CT molecular complexity index is 191. The third-order valence-electron chi connectivity index (χ3n) is 2.31. The van der Waals surface area contributed by atoms with Crippen molar-refractivity contribution >= 4 is 12.4 Å². The summed E-state index contributed by atoms with van der Waals surface area (Å²) in [7, 11) is 0. The minimum atomic E-state index is -0.0937. The van der Waals surface area contributed by atoms with Crippen LogP contribution in [-0.2, 0) is 19.1 Å². The summed E-state index contributed by atoms with van der Waals surface area (Å²) >= 11 is 0. The Labute approximate surface area is 83.6 Å². The van der Waals surface area contributed by atoms with E-state index in [0.29, 0.717) is 19.5 Å². The molecule has 1 fully saturated rings. The molecule has 0 spiro atoms. The molecule has 1 saturated heterocycles. The number of cyclic esters (lactones) is 1. The van der Waals surface area contributed by atoms with Crippen molar-refractivity contribution < 1.29 is 19.1 Å². The van der Waals surface area contributed by atoms with Crippen LogP contribution in [0.15, 0.2) is 0 Å². The van der Waals surface area contributed by atoms with Crippen LogP contribution in [0, 0.1) is 0 Å². The molecule has 0 saturated carbocycles. The van der Waals surface area contributed by atoms with Crippen molar-refractivity contribution in [1.29, 1.82) is 0 Å². The normalized spacial score (nSPS) is 22.3. The molecule has 0 aliphatic carbocycles. The van der Waals surface area contributed by atoms with Gasteiger partial charge in [-0.15, -0.1) is 0 Å².